The van der Waals surface area contributed by atoms with Gasteiger partial charge in [-0.15, -0.1) is 0 Å². The van der Waals surface area contributed by atoms with Gasteiger partial charge in [0.25, 0.3) is 0 Å². The number of carbonyl (C=O) groups is 1. The van der Waals surface area contributed by atoms with Crippen molar-refractivity contribution in [3.8, 4) is 11.5 Å². The summed E-state index contributed by atoms with van der Waals surface area (Å²) in [6, 6.07) is 16.0. The molecule has 7 nitrogen and oxygen atoms in total. The van der Waals surface area contributed by atoms with Crippen LogP contribution in [0.15, 0.2) is 70.2 Å². The van der Waals surface area contributed by atoms with Gasteiger partial charge in [-0.05, 0) is 31.2 Å². The minimum Gasteiger partial charge on any atom is -0.444 e. The van der Waals surface area contributed by atoms with E-state index in [0.29, 0.717) is 11.6 Å². The Hall–Kier alpha value is -2.97. The van der Waals surface area contributed by atoms with E-state index in [2.05, 4.69) is 15.0 Å². The first-order chi connectivity index (χ1) is 13.4. The summed E-state index contributed by atoms with van der Waals surface area (Å²) in [5.74, 6) is 0.191. The number of oxazole rings is 1. The van der Waals surface area contributed by atoms with Crippen LogP contribution in [0.4, 0.5) is 0 Å². The van der Waals surface area contributed by atoms with E-state index in [9.17, 15) is 13.2 Å². The molecule has 3 rings (SSSR count). The molecule has 0 radical (unpaired) electrons. The maximum Gasteiger partial charge on any atom is 0.240 e. The topological polar surface area (TPSA) is 101 Å². The molecule has 0 aliphatic heterocycles. The van der Waals surface area contributed by atoms with Crippen LogP contribution >= 0.6 is 0 Å². The third-order valence-corrected chi connectivity index (χ3v) is 5.46. The number of sulfonamides is 1. The minimum absolute atomic E-state index is 0.0566. The van der Waals surface area contributed by atoms with Gasteiger partial charge in [0.2, 0.25) is 21.8 Å². The molecule has 1 amide bonds. The summed E-state index contributed by atoms with van der Waals surface area (Å²) < 4.78 is 32.2. The molecule has 3 aromatic rings. The van der Waals surface area contributed by atoms with Gasteiger partial charge in [-0.3, -0.25) is 4.79 Å². The van der Waals surface area contributed by atoms with Gasteiger partial charge in [0.1, 0.15) is 6.26 Å². The molecule has 0 atom stereocenters. The number of aromatic nitrogens is 1. The maximum absolute atomic E-state index is 12.2. The fourth-order valence-corrected chi connectivity index (χ4v) is 3.55. The van der Waals surface area contributed by atoms with Crippen molar-refractivity contribution in [2.75, 3.05) is 13.1 Å². The minimum atomic E-state index is -3.59. The predicted molar refractivity (Wildman–Crippen MR) is 105 cm³/mol. The lowest BCUT2D eigenvalue weighted by Gasteiger charge is -2.08. The van der Waals surface area contributed by atoms with E-state index in [4.69, 9.17) is 4.42 Å². The van der Waals surface area contributed by atoms with Crippen LogP contribution in [-0.4, -0.2) is 32.4 Å². The van der Waals surface area contributed by atoms with Crippen LogP contribution < -0.4 is 10.0 Å². The van der Waals surface area contributed by atoms with Crippen molar-refractivity contribution in [2.45, 2.75) is 18.2 Å². The highest BCUT2D eigenvalue weighted by atomic mass is 32.2. The largest absolute Gasteiger partial charge is 0.444 e. The standard InChI is InChI=1S/C20H21N3O4S/c1-15-7-9-18(10-8-15)28(25,26)22-12-11-21-19(24)13-17-14-27-20(23-17)16-5-3-2-4-6-16/h2-10,14,22H,11-13H2,1H3,(H,21,24). The molecule has 28 heavy (non-hydrogen) atoms. The Bertz CT molecular complexity index is 1030. The maximum atomic E-state index is 12.2. The molecule has 0 unspecified atom stereocenters. The van der Waals surface area contributed by atoms with E-state index in [1.165, 1.54) is 6.26 Å². The SMILES string of the molecule is Cc1ccc(S(=O)(=O)NCCNC(=O)Cc2coc(-c3ccccc3)n2)cc1. The van der Waals surface area contributed by atoms with Gasteiger partial charge in [0.15, 0.2) is 0 Å². The molecule has 146 valence electrons. The Labute approximate surface area is 163 Å². The summed E-state index contributed by atoms with van der Waals surface area (Å²) in [4.78, 5) is 16.5. The lowest BCUT2D eigenvalue weighted by Crippen LogP contribution is -2.35. The number of rotatable bonds is 8. The first kappa shape index (κ1) is 19.8. The molecule has 2 aromatic carbocycles. The summed E-state index contributed by atoms with van der Waals surface area (Å²) in [5.41, 5.74) is 2.32. The number of benzene rings is 2. The zero-order chi connectivity index (χ0) is 20.0. The van der Waals surface area contributed by atoms with Crippen LogP contribution in [0.5, 0.6) is 0 Å². The molecule has 0 spiro atoms. The van der Waals surface area contributed by atoms with Gasteiger partial charge in [0.05, 0.1) is 17.0 Å². The number of hydrogen-bond donors (Lipinski definition) is 2. The van der Waals surface area contributed by atoms with Gasteiger partial charge in [-0.2, -0.15) is 0 Å². The summed E-state index contributed by atoms with van der Waals surface area (Å²) in [6.07, 6.45) is 1.50. The quantitative estimate of drug-likeness (QED) is 0.566. The monoisotopic (exact) mass is 399 g/mol. The average Bonchev–Trinajstić information content (AvgIpc) is 3.15. The molecule has 8 heteroatoms. The number of nitrogens with one attached hydrogen (secondary N) is 2. The van der Waals surface area contributed by atoms with Crippen LogP contribution in [0.25, 0.3) is 11.5 Å². The number of aryl methyl sites for hydroxylation is 1. The van der Waals surface area contributed by atoms with Gasteiger partial charge in [-0.1, -0.05) is 35.9 Å². The molecule has 1 heterocycles. The zero-order valence-electron chi connectivity index (χ0n) is 15.4. The van der Waals surface area contributed by atoms with E-state index in [-0.39, 0.29) is 30.3 Å². The second-order valence-corrected chi connectivity index (χ2v) is 8.01. The summed E-state index contributed by atoms with van der Waals surface area (Å²) >= 11 is 0. The average molecular weight is 399 g/mol. The van der Waals surface area contributed by atoms with Gasteiger partial charge in [0, 0.05) is 18.7 Å². The van der Waals surface area contributed by atoms with Crippen molar-refractivity contribution in [3.63, 3.8) is 0 Å². The van der Waals surface area contributed by atoms with Crippen molar-refractivity contribution in [3.05, 3.63) is 72.1 Å². The Morgan fingerprint density at radius 3 is 2.46 bits per heavy atom. The van der Waals surface area contributed by atoms with E-state index in [1.54, 1.807) is 24.3 Å². The Morgan fingerprint density at radius 1 is 1.04 bits per heavy atom. The van der Waals surface area contributed by atoms with Crippen molar-refractivity contribution >= 4 is 15.9 Å². The first-order valence-corrected chi connectivity index (χ1v) is 10.3. The fraction of sp³-hybridized carbons (Fsp3) is 0.200. The Morgan fingerprint density at radius 2 is 1.75 bits per heavy atom. The first-order valence-electron chi connectivity index (χ1n) is 8.77. The van der Waals surface area contributed by atoms with Gasteiger partial charge < -0.3 is 9.73 Å². The van der Waals surface area contributed by atoms with Gasteiger partial charge >= 0.3 is 0 Å². The summed E-state index contributed by atoms with van der Waals surface area (Å²) in [7, 11) is -3.59. The number of amides is 1. The predicted octanol–water partition coefficient (Wildman–Crippen LogP) is 2.29. The summed E-state index contributed by atoms with van der Waals surface area (Å²) in [5, 5.41) is 2.67. The molecule has 0 aliphatic rings. The smallest absolute Gasteiger partial charge is 0.240 e. The van der Waals surface area contributed by atoms with Crippen LogP contribution in [0.3, 0.4) is 0 Å². The molecule has 0 fully saturated rings. The van der Waals surface area contributed by atoms with Crippen LogP contribution in [0.2, 0.25) is 0 Å². The van der Waals surface area contributed by atoms with Gasteiger partial charge in [-0.25, -0.2) is 18.1 Å². The molecule has 0 saturated carbocycles. The Balaban J connectivity index is 1.45. The van der Waals surface area contributed by atoms with Crippen LogP contribution in [0.1, 0.15) is 11.3 Å². The van der Waals surface area contributed by atoms with Crippen molar-refractivity contribution < 1.29 is 17.6 Å². The lowest BCUT2D eigenvalue weighted by molar-refractivity contribution is -0.120. The molecule has 0 aliphatic carbocycles. The third kappa shape index (κ3) is 5.28. The second-order valence-electron chi connectivity index (χ2n) is 6.25. The van der Waals surface area contributed by atoms with E-state index in [0.717, 1.165) is 11.1 Å². The third-order valence-electron chi connectivity index (χ3n) is 3.98. The van der Waals surface area contributed by atoms with Crippen molar-refractivity contribution in [1.29, 1.82) is 0 Å². The van der Waals surface area contributed by atoms with E-state index < -0.39 is 10.0 Å². The van der Waals surface area contributed by atoms with Crippen molar-refractivity contribution in [2.24, 2.45) is 0 Å². The molecule has 1 aromatic heterocycles. The zero-order valence-corrected chi connectivity index (χ0v) is 16.2. The highest BCUT2D eigenvalue weighted by Crippen LogP contribution is 2.18. The number of carbonyl (C=O) groups excluding carboxylic acids is 1. The van der Waals surface area contributed by atoms with Crippen LogP contribution in [-0.2, 0) is 21.2 Å². The highest BCUT2D eigenvalue weighted by molar-refractivity contribution is 7.89. The number of nitrogens with zero attached hydrogens (tertiary/aromatic N) is 1. The van der Waals surface area contributed by atoms with E-state index >= 15 is 0 Å². The highest BCUT2D eigenvalue weighted by Gasteiger charge is 2.13. The van der Waals surface area contributed by atoms with Crippen LogP contribution in [0, 0.1) is 6.92 Å². The lowest BCUT2D eigenvalue weighted by atomic mass is 10.2. The van der Waals surface area contributed by atoms with Crippen molar-refractivity contribution in [1.82, 2.24) is 15.0 Å². The molecule has 2 N–H and O–H groups in total. The summed E-state index contributed by atoms with van der Waals surface area (Å²) in [6.45, 7) is 2.15. The molecule has 0 saturated heterocycles. The molecule has 0 bridgehead atoms. The molecular formula is C20H21N3O4S. The molecular weight excluding hydrogens is 378 g/mol. The van der Waals surface area contributed by atoms with E-state index in [1.807, 2.05) is 37.3 Å². The Kier molecular flexibility index (Phi) is 6.23. The normalized spacial score (nSPS) is 11.3. The number of hydrogen-bond acceptors (Lipinski definition) is 5. The fourth-order valence-electron chi connectivity index (χ4n) is 2.52. The second kappa shape index (κ2) is 8.81.